The lowest BCUT2D eigenvalue weighted by atomic mass is 9.85. The Labute approximate surface area is 427 Å². The minimum absolute atomic E-state index is 0.00234. The van der Waals surface area contributed by atoms with Crippen molar-refractivity contribution in [3.63, 3.8) is 0 Å². The molecule has 0 aliphatic carbocycles. The standard InChI is InChI=1S/C53H63F2N11O6S/c1-34-47(73-33-61-34)36-19-17-35(18-20-36)28-58-51(70)44-27-39(67)31-66(44)52(71)48(53(2,3)4)62-46(68)16-7-5-6-8-24-72-25-11-23-65-45(63-64-49(65)43-21-22-56-32-60-43)30-57-38-13-9-12-37(26-38)50(69)59-29-40-41(54)14-10-15-42(40)55/h9-10,12-15,17-22,26,32-33,39,44,48,57,67H,5-8,11,16,23-25,27-31H2,1-4H3,(H,58,70)(H,59,69)(H,62,68)/t39-,44+,48?/m1/s1. The number of β-amino-alcohol motifs (C(OH)–C–C–N with tert-alkyl or cyclic N) is 1. The van der Waals surface area contributed by atoms with Gasteiger partial charge in [-0.15, -0.1) is 21.5 Å². The monoisotopic (exact) mass is 1020 g/mol. The van der Waals surface area contributed by atoms with Gasteiger partial charge in [0.1, 0.15) is 35.7 Å². The lowest BCUT2D eigenvalue weighted by Gasteiger charge is -2.35. The molecule has 0 spiro atoms. The van der Waals surface area contributed by atoms with E-state index in [1.165, 1.54) is 17.3 Å². The maximum Gasteiger partial charge on any atom is 0.251 e. The zero-order valence-corrected chi connectivity index (χ0v) is 42.4. The third kappa shape index (κ3) is 14.8. The van der Waals surface area contributed by atoms with Crippen molar-refractivity contribution in [2.75, 3.05) is 25.1 Å². The first-order valence-corrected chi connectivity index (χ1v) is 25.4. The van der Waals surface area contributed by atoms with E-state index >= 15 is 0 Å². The van der Waals surface area contributed by atoms with E-state index in [9.17, 15) is 33.1 Å². The number of carbonyl (C=O) groups excluding carboxylic acids is 4. The maximum atomic E-state index is 14.1. The number of halogens is 2. The molecule has 3 atom stereocenters. The van der Waals surface area contributed by atoms with E-state index < -0.39 is 47.1 Å². The zero-order valence-electron chi connectivity index (χ0n) is 41.6. The number of rotatable bonds is 24. The molecule has 1 saturated heterocycles. The van der Waals surface area contributed by atoms with E-state index in [2.05, 4.69) is 46.4 Å². The van der Waals surface area contributed by atoms with Gasteiger partial charge in [-0.1, -0.05) is 70.0 Å². The second-order valence-electron chi connectivity index (χ2n) is 19.1. The summed E-state index contributed by atoms with van der Waals surface area (Å²) in [7, 11) is 0. The van der Waals surface area contributed by atoms with Crippen molar-refractivity contribution >= 4 is 40.7 Å². The molecule has 7 rings (SSSR count). The highest BCUT2D eigenvalue weighted by atomic mass is 32.1. The number of carbonyl (C=O) groups is 4. The Balaban J connectivity index is 0.817. The molecule has 3 aromatic carbocycles. The number of hydrogen-bond acceptors (Lipinski definition) is 13. The van der Waals surface area contributed by atoms with Crippen molar-refractivity contribution in [2.24, 2.45) is 5.41 Å². The van der Waals surface area contributed by atoms with Crippen molar-refractivity contribution in [1.29, 1.82) is 0 Å². The van der Waals surface area contributed by atoms with Crippen LogP contribution in [0, 0.1) is 24.0 Å². The van der Waals surface area contributed by atoms with Gasteiger partial charge in [0.15, 0.2) is 11.6 Å². The minimum atomic E-state index is -0.897. The molecule has 0 saturated carbocycles. The number of aliphatic hydroxyl groups is 1. The highest BCUT2D eigenvalue weighted by Crippen LogP contribution is 2.29. The number of amides is 4. The number of thiazole rings is 1. The first kappa shape index (κ1) is 53.8. The molecule has 20 heteroatoms. The summed E-state index contributed by atoms with van der Waals surface area (Å²) in [6, 6.07) is 18.2. The molecule has 6 aromatic rings. The molecule has 1 aliphatic heterocycles. The second kappa shape index (κ2) is 25.6. The number of aryl methyl sites for hydroxylation is 1. The highest BCUT2D eigenvalue weighted by molar-refractivity contribution is 7.13. The first-order chi connectivity index (χ1) is 35.2. The van der Waals surface area contributed by atoms with E-state index in [-0.39, 0.29) is 56.4 Å². The molecule has 386 valence electrons. The van der Waals surface area contributed by atoms with Crippen molar-refractivity contribution in [3.8, 4) is 22.0 Å². The molecule has 1 unspecified atom stereocenters. The second-order valence-corrected chi connectivity index (χ2v) is 19.9. The average molecular weight is 1020 g/mol. The van der Waals surface area contributed by atoms with Gasteiger partial charge in [0.25, 0.3) is 5.91 Å². The molecule has 17 nitrogen and oxygen atoms in total. The van der Waals surface area contributed by atoms with Gasteiger partial charge < -0.3 is 40.6 Å². The van der Waals surface area contributed by atoms with Crippen LogP contribution < -0.4 is 21.3 Å². The topological polar surface area (TPSA) is 218 Å². The number of hydrogen-bond donors (Lipinski definition) is 5. The molecule has 73 heavy (non-hydrogen) atoms. The van der Waals surface area contributed by atoms with Gasteiger partial charge in [0.05, 0.1) is 28.7 Å². The third-order valence-electron chi connectivity index (χ3n) is 12.5. The molecule has 0 radical (unpaired) electrons. The summed E-state index contributed by atoms with van der Waals surface area (Å²) in [6.45, 7) is 9.35. The van der Waals surface area contributed by atoms with Crippen LogP contribution >= 0.6 is 11.3 Å². The van der Waals surface area contributed by atoms with E-state index in [0.29, 0.717) is 61.2 Å². The van der Waals surface area contributed by atoms with Crippen molar-refractivity contribution < 1.29 is 37.8 Å². The fraction of sp³-hybridized carbons (Fsp3) is 0.415. The van der Waals surface area contributed by atoms with Crippen molar-refractivity contribution in [3.05, 3.63) is 131 Å². The summed E-state index contributed by atoms with van der Waals surface area (Å²) in [5.41, 5.74) is 5.38. The predicted octanol–water partition coefficient (Wildman–Crippen LogP) is 7.15. The first-order valence-electron chi connectivity index (χ1n) is 24.5. The van der Waals surface area contributed by atoms with Gasteiger partial charge >= 0.3 is 0 Å². The van der Waals surface area contributed by atoms with Crippen molar-refractivity contribution in [1.82, 2.24) is 50.6 Å². The predicted molar refractivity (Wildman–Crippen MR) is 273 cm³/mol. The number of aromatic nitrogens is 6. The van der Waals surface area contributed by atoms with Crippen LogP contribution in [0.2, 0.25) is 0 Å². The largest absolute Gasteiger partial charge is 0.391 e. The van der Waals surface area contributed by atoms with Gasteiger partial charge in [-0.2, -0.15) is 0 Å². The molecule has 4 amide bonds. The normalized spacial score (nSPS) is 15.0. The van der Waals surface area contributed by atoms with E-state index in [4.69, 9.17) is 4.74 Å². The Morgan fingerprint density at radius 3 is 2.36 bits per heavy atom. The minimum Gasteiger partial charge on any atom is -0.391 e. The molecule has 1 aliphatic rings. The van der Waals surface area contributed by atoms with Crippen LogP contribution in [0.25, 0.3) is 22.0 Å². The van der Waals surface area contributed by atoms with Gasteiger partial charge in [-0.25, -0.2) is 23.7 Å². The Kier molecular flexibility index (Phi) is 18.8. The fourth-order valence-corrected chi connectivity index (χ4v) is 9.33. The average Bonchev–Trinajstić information content (AvgIpc) is 4.12. The highest BCUT2D eigenvalue weighted by Gasteiger charge is 2.44. The smallest absolute Gasteiger partial charge is 0.251 e. The summed E-state index contributed by atoms with van der Waals surface area (Å²) in [4.78, 5) is 68.9. The molecule has 5 N–H and O–H groups in total. The van der Waals surface area contributed by atoms with E-state index in [1.807, 2.05) is 62.0 Å². The number of unbranched alkanes of at least 4 members (excludes halogenated alkanes) is 3. The molecule has 1 fully saturated rings. The summed E-state index contributed by atoms with van der Waals surface area (Å²) in [5.74, 6) is -1.77. The van der Waals surface area contributed by atoms with Crippen LogP contribution in [0.3, 0.4) is 0 Å². The number of likely N-dealkylation sites (tertiary alicyclic amines) is 1. The maximum absolute atomic E-state index is 14.1. The van der Waals surface area contributed by atoms with Gasteiger partial charge in [0, 0.05) is 75.2 Å². The lowest BCUT2D eigenvalue weighted by molar-refractivity contribution is -0.144. The number of aliphatic hydroxyl groups excluding tert-OH is 1. The summed E-state index contributed by atoms with van der Waals surface area (Å²) >= 11 is 1.57. The molecule has 3 aromatic heterocycles. The Bertz CT molecular complexity index is 2780. The summed E-state index contributed by atoms with van der Waals surface area (Å²) in [5, 5.41) is 31.2. The number of benzene rings is 3. The summed E-state index contributed by atoms with van der Waals surface area (Å²) < 4.78 is 36.2. The number of anilines is 1. The van der Waals surface area contributed by atoms with E-state index in [0.717, 1.165) is 53.1 Å². The van der Waals surface area contributed by atoms with E-state index in [1.54, 1.807) is 47.9 Å². The SMILES string of the molecule is Cc1ncsc1-c1ccc(CNC(=O)[C@@H]2C[C@@H](O)CN2C(=O)C(NC(=O)CCCCCCOCCCn2c(CNc3cccc(C(=O)NCc4c(F)cccc4F)c3)nnc2-c2ccncn2)C(C)(C)C)cc1. The number of ether oxygens (including phenoxy) is 1. The zero-order chi connectivity index (χ0) is 51.9. The van der Waals surface area contributed by atoms with Gasteiger partial charge in [-0.05, 0) is 79.1 Å². The van der Waals surface area contributed by atoms with Crippen LogP contribution in [0.5, 0.6) is 0 Å². The fourth-order valence-electron chi connectivity index (χ4n) is 8.52. The Morgan fingerprint density at radius 1 is 0.877 bits per heavy atom. The quantitative estimate of drug-likeness (QED) is 0.0382. The number of nitrogens with one attached hydrogen (secondary N) is 4. The van der Waals surface area contributed by atoms with Gasteiger partial charge in [-0.3, -0.25) is 19.2 Å². The van der Waals surface area contributed by atoms with Crippen LogP contribution in [0.15, 0.2) is 90.8 Å². The summed E-state index contributed by atoms with van der Waals surface area (Å²) in [6.07, 6.45) is 6.27. The molecular formula is C53H63F2N11O6S. The third-order valence-corrected chi connectivity index (χ3v) is 13.5. The number of nitrogens with zero attached hydrogens (tertiary/aromatic N) is 7. The van der Waals surface area contributed by atoms with Crippen LogP contribution in [0.1, 0.15) is 98.7 Å². The van der Waals surface area contributed by atoms with Crippen molar-refractivity contribution in [2.45, 2.75) is 117 Å². The molecule has 4 heterocycles. The molecular weight excluding hydrogens is 957 g/mol. The van der Waals surface area contributed by atoms with Crippen LogP contribution in [0.4, 0.5) is 14.5 Å². The Morgan fingerprint density at radius 2 is 1.63 bits per heavy atom. The van der Waals surface area contributed by atoms with Crippen LogP contribution in [-0.2, 0) is 45.3 Å². The van der Waals surface area contributed by atoms with Crippen LogP contribution in [-0.4, -0.2) is 101 Å². The Hall–Kier alpha value is -7.03. The molecule has 0 bridgehead atoms. The van der Waals surface area contributed by atoms with Gasteiger partial charge in [0.2, 0.25) is 17.7 Å². The lowest BCUT2D eigenvalue weighted by Crippen LogP contribution is -2.57.